The van der Waals surface area contributed by atoms with Crippen LogP contribution in [0.25, 0.3) is 0 Å². The number of carbonyl (C=O) groups excluding carboxylic acids is 1. The van der Waals surface area contributed by atoms with E-state index < -0.39 is 0 Å². The molecule has 0 bridgehead atoms. The molecule has 0 atom stereocenters. The summed E-state index contributed by atoms with van der Waals surface area (Å²) in [6.45, 7) is 0. The second-order valence-electron chi connectivity index (χ2n) is 4.11. The van der Waals surface area contributed by atoms with Gasteiger partial charge in [0.25, 0.3) is 0 Å². The van der Waals surface area contributed by atoms with Crippen molar-refractivity contribution in [1.82, 2.24) is 5.32 Å². The third-order valence-electron chi connectivity index (χ3n) is 2.92. The molecule has 1 aromatic carbocycles. The maximum absolute atomic E-state index is 11.7. The monoisotopic (exact) mass is 247 g/mol. The van der Waals surface area contributed by atoms with Gasteiger partial charge in [-0.15, -0.1) is 11.8 Å². The number of carbonyl (C=O) groups is 1. The maximum Gasteiger partial charge on any atom is 0.247 e. The summed E-state index contributed by atoms with van der Waals surface area (Å²) in [7, 11) is 1.70. The lowest BCUT2D eigenvalue weighted by Gasteiger charge is -2.06. The van der Waals surface area contributed by atoms with Crippen LogP contribution in [0.4, 0.5) is 0 Å². The maximum atomic E-state index is 11.7. The first-order valence-electron chi connectivity index (χ1n) is 5.92. The molecule has 1 amide bonds. The molecular weight excluding hydrogens is 230 g/mol. The minimum Gasteiger partial charge on any atom is -0.355 e. The van der Waals surface area contributed by atoms with Crippen molar-refractivity contribution in [1.29, 1.82) is 0 Å². The normalized spacial score (nSPS) is 15.1. The number of rotatable bonds is 4. The van der Waals surface area contributed by atoms with E-state index in [0.717, 1.165) is 30.6 Å². The van der Waals surface area contributed by atoms with Crippen molar-refractivity contribution >= 4 is 17.7 Å². The first kappa shape index (κ1) is 12.2. The van der Waals surface area contributed by atoms with Crippen molar-refractivity contribution in [3.63, 3.8) is 0 Å². The van der Waals surface area contributed by atoms with Gasteiger partial charge in [-0.2, -0.15) is 0 Å². The second kappa shape index (κ2) is 5.92. The second-order valence-corrected chi connectivity index (χ2v) is 5.18. The Morgan fingerprint density at radius 3 is 2.76 bits per heavy atom. The number of amides is 1. The van der Waals surface area contributed by atoms with E-state index in [2.05, 4.69) is 29.6 Å². The van der Waals surface area contributed by atoms with Gasteiger partial charge >= 0.3 is 0 Å². The molecule has 0 spiro atoms. The van der Waals surface area contributed by atoms with Crippen molar-refractivity contribution in [3.05, 3.63) is 46.4 Å². The van der Waals surface area contributed by atoms with Gasteiger partial charge in [-0.25, -0.2) is 0 Å². The van der Waals surface area contributed by atoms with E-state index in [4.69, 9.17) is 0 Å². The number of likely N-dealkylation sites (N-methyl/N-ethyl adjacent to an activating group) is 1. The third-order valence-corrected chi connectivity index (χ3v) is 4.20. The number of allylic oxidation sites excluding steroid dienone is 1. The van der Waals surface area contributed by atoms with Crippen LogP contribution in [0.5, 0.6) is 0 Å². The molecule has 0 radical (unpaired) electrons. The molecule has 17 heavy (non-hydrogen) atoms. The molecule has 0 saturated heterocycles. The summed E-state index contributed by atoms with van der Waals surface area (Å²) in [5, 5.41) is 2.72. The molecule has 2 rings (SSSR count). The smallest absolute Gasteiger partial charge is 0.247 e. The van der Waals surface area contributed by atoms with Gasteiger partial charge in [-0.1, -0.05) is 30.3 Å². The highest BCUT2D eigenvalue weighted by atomic mass is 32.2. The summed E-state index contributed by atoms with van der Waals surface area (Å²) in [6, 6.07) is 10.4. The van der Waals surface area contributed by atoms with Gasteiger partial charge in [-0.3, -0.25) is 4.79 Å². The molecule has 1 N–H and O–H groups in total. The van der Waals surface area contributed by atoms with Crippen LogP contribution < -0.4 is 5.32 Å². The lowest BCUT2D eigenvalue weighted by Crippen LogP contribution is -2.19. The largest absolute Gasteiger partial charge is 0.355 e. The Morgan fingerprint density at radius 2 is 2.06 bits per heavy atom. The Bertz CT molecular complexity index is 425. The number of nitrogens with one attached hydrogen (secondary N) is 1. The van der Waals surface area contributed by atoms with E-state index in [-0.39, 0.29) is 5.91 Å². The van der Waals surface area contributed by atoms with E-state index >= 15 is 0 Å². The predicted molar refractivity (Wildman–Crippen MR) is 72.7 cm³/mol. The summed E-state index contributed by atoms with van der Waals surface area (Å²) in [6.07, 6.45) is 3.09. The lowest BCUT2D eigenvalue weighted by molar-refractivity contribution is -0.117. The van der Waals surface area contributed by atoms with Gasteiger partial charge in [0.15, 0.2) is 0 Å². The molecule has 0 aromatic heterocycles. The van der Waals surface area contributed by atoms with Gasteiger partial charge < -0.3 is 5.32 Å². The van der Waals surface area contributed by atoms with Crippen LogP contribution in [0.2, 0.25) is 0 Å². The van der Waals surface area contributed by atoms with E-state index in [0.29, 0.717) is 0 Å². The van der Waals surface area contributed by atoms with Gasteiger partial charge in [0.1, 0.15) is 0 Å². The number of hydrogen-bond donors (Lipinski definition) is 1. The first-order valence-corrected chi connectivity index (χ1v) is 6.90. The van der Waals surface area contributed by atoms with E-state index in [1.165, 1.54) is 10.5 Å². The van der Waals surface area contributed by atoms with Gasteiger partial charge in [0.05, 0.1) is 0 Å². The van der Waals surface area contributed by atoms with Gasteiger partial charge in [0, 0.05) is 18.4 Å². The van der Waals surface area contributed by atoms with E-state index in [9.17, 15) is 4.79 Å². The molecule has 1 aliphatic rings. The summed E-state index contributed by atoms with van der Waals surface area (Å²) >= 11 is 1.81. The lowest BCUT2D eigenvalue weighted by atomic mass is 10.2. The fourth-order valence-corrected chi connectivity index (χ4v) is 3.20. The molecule has 1 aliphatic carbocycles. The quantitative estimate of drug-likeness (QED) is 0.885. The molecule has 0 aliphatic heterocycles. The summed E-state index contributed by atoms with van der Waals surface area (Å²) < 4.78 is 0. The molecule has 0 heterocycles. The van der Waals surface area contributed by atoms with Gasteiger partial charge in [-0.05, 0) is 29.7 Å². The standard InChI is InChI=1S/C14H17NOS/c1-15-14(16)12-8-5-9-13(12)17-10-11-6-3-2-4-7-11/h2-4,6-7H,5,8-10H2,1H3,(H,15,16). The molecule has 0 saturated carbocycles. The highest BCUT2D eigenvalue weighted by Crippen LogP contribution is 2.36. The molecule has 2 nitrogen and oxygen atoms in total. The molecular formula is C14H17NOS. The number of thioether (sulfide) groups is 1. The SMILES string of the molecule is CNC(=O)C1=C(SCc2ccccc2)CCC1. The Kier molecular flexibility index (Phi) is 4.26. The van der Waals surface area contributed by atoms with Crippen LogP contribution >= 0.6 is 11.8 Å². The van der Waals surface area contributed by atoms with Crippen molar-refractivity contribution in [2.45, 2.75) is 25.0 Å². The highest BCUT2D eigenvalue weighted by molar-refractivity contribution is 8.02. The first-order chi connectivity index (χ1) is 8.31. The van der Waals surface area contributed by atoms with E-state index in [1.54, 1.807) is 7.05 Å². The zero-order chi connectivity index (χ0) is 12.1. The average Bonchev–Trinajstić information content (AvgIpc) is 2.85. The third kappa shape index (κ3) is 3.13. The van der Waals surface area contributed by atoms with Crippen LogP contribution in [0.3, 0.4) is 0 Å². The molecule has 90 valence electrons. The topological polar surface area (TPSA) is 29.1 Å². The van der Waals surface area contributed by atoms with Crippen LogP contribution in [0.1, 0.15) is 24.8 Å². The molecule has 0 unspecified atom stereocenters. The fourth-order valence-electron chi connectivity index (χ4n) is 2.01. The average molecular weight is 247 g/mol. The number of benzene rings is 1. The number of hydrogen-bond acceptors (Lipinski definition) is 2. The van der Waals surface area contributed by atoms with Crippen molar-refractivity contribution in [2.24, 2.45) is 0 Å². The zero-order valence-corrected chi connectivity index (χ0v) is 10.8. The highest BCUT2D eigenvalue weighted by Gasteiger charge is 2.20. The Labute approximate surface area is 106 Å². The summed E-state index contributed by atoms with van der Waals surface area (Å²) in [5.41, 5.74) is 2.31. The Morgan fingerprint density at radius 1 is 1.29 bits per heavy atom. The van der Waals surface area contributed by atoms with Crippen molar-refractivity contribution in [3.8, 4) is 0 Å². The summed E-state index contributed by atoms with van der Waals surface area (Å²) in [5.74, 6) is 1.05. The predicted octanol–water partition coefficient (Wildman–Crippen LogP) is 3.10. The van der Waals surface area contributed by atoms with Crippen molar-refractivity contribution in [2.75, 3.05) is 7.05 Å². The molecule has 3 heteroatoms. The molecule has 1 aromatic rings. The van der Waals surface area contributed by atoms with Gasteiger partial charge in [0.2, 0.25) is 5.91 Å². The minimum absolute atomic E-state index is 0.0954. The Balaban J connectivity index is 2.01. The molecule has 0 fully saturated rings. The Hall–Kier alpha value is -1.22. The van der Waals surface area contributed by atoms with Crippen LogP contribution in [0, 0.1) is 0 Å². The fraction of sp³-hybridized carbons (Fsp3) is 0.357. The summed E-state index contributed by atoms with van der Waals surface area (Å²) in [4.78, 5) is 12.9. The van der Waals surface area contributed by atoms with Crippen molar-refractivity contribution < 1.29 is 4.79 Å². The minimum atomic E-state index is 0.0954. The van der Waals surface area contributed by atoms with Crippen LogP contribution in [-0.4, -0.2) is 13.0 Å². The van der Waals surface area contributed by atoms with Crippen LogP contribution in [-0.2, 0) is 10.5 Å². The van der Waals surface area contributed by atoms with E-state index in [1.807, 2.05) is 17.8 Å². The zero-order valence-electron chi connectivity index (χ0n) is 10.0. The van der Waals surface area contributed by atoms with Crippen LogP contribution in [0.15, 0.2) is 40.8 Å².